The topological polar surface area (TPSA) is 59.1 Å². The lowest BCUT2D eigenvalue weighted by molar-refractivity contribution is 0.101. The van der Waals surface area contributed by atoms with E-state index in [2.05, 4.69) is 10.3 Å². The molecule has 1 aromatic carbocycles. The van der Waals surface area contributed by atoms with Gasteiger partial charge in [-0.1, -0.05) is 6.07 Å². The van der Waals surface area contributed by atoms with E-state index in [9.17, 15) is 18.4 Å². The summed E-state index contributed by atoms with van der Waals surface area (Å²) < 4.78 is 26.4. The summed E-state index contributed by atoms with van der Waals surface area (Å²) in [7, 11) is 0. The zero-order valence-electron chi connectivity index (χ0n) is 10.5. The van der Waals surface area contributed by atoms with E-state index >= 15 is 0 Å². The van der Waals surface area contributed by atoms with Gasteiger partial charge in [0, 0.05) is 13.0 Å². The standard InChI is InChI=1S/C14H10F2N2O2/c1-8(19)11-3-2-4-12(17-11)14(20)18-13-7-9(15)5-6-10(13)16/h2-7H,1H3,(H,18,20). The van der Waals surface area contributed by atoms with Crippen LogP contribution in [0.15, 0.2) is 36.4 Å². The summed E-state index contributed by atoms with van der Waals surface area (Å²) in [6.07, 6.45) is 0. The van der Waals surface area contributed by atoms with Crippen molar-refractivity contribution in [2.24, 2.45) is 0 Å². The van der Waals surface area contributed by atoms with Gasteiger partial charge in [0.15, 0.2) is 5.78 Å². The quantitative estimate of drug-likeness (QED) is 0.877. The number of carbonyl (C=O) groups excluding carboxylic acids is 2. The lowest BCUT2D eigenvalue weighted by atomic mass is 10.2. The number of pyridine rings is 1. The van der Waals surface area contributed by atoms with Gasteiger partial charge in [-0.2, -0.15) is 0 Å². The van der Waals surface area contributed by atoms with Gasteiger partial charge in [0.25, 0.3) is 5.91 Å². The summed E-state index contributed by atoms with van der Waals surface area (Å²) in [6.45, 7) is 1.32. The number of benzene rings is 1. The molecule has 0 radical (unpaired) electrons. The number of nitrogens with zero attached hydrogens (tertiary/aromatic N) is 1. The third kappa shape index (κ3) is 3.03. The molecule has 0 atom stereocenters. The van der Waals surface area contributed by atoms with Gasteiger partial charge in [0.05, 0.1) is 5.69 Å². The highest BCUT2D eigenvalue weighted by atomic mass is 19.1. The second-order valence-electron chi connectivity index (χ2n) is 4.04. The predicted molar refractivity (Wildman–Crippen MR) is 68.6 cm³/mol. The van der Waals surface area contributed by atoms with E-state index in [0.717, 1.165) is 18.2 Å². The van der Waals surface area contributed by atoms with Gasteiger partial charge in [-0.25, -0.2) is 13.8 Å². The van der Waals surface area contributed by atoms with Gasteiger partial charge in [0.1, 0.15) is 23.0 Å². The maximum Gasteiger partial charge on any atom is 0.274 e. The average molecular weight is 276 g/mol. The summed E-state index contributed by atoms with van der Waals surface area (Å²) in [5, 5.41) is 2.21. The van der Waals surface area contributed by atoms with Crippen LogP contribution in [0.4, 0.5) is 14.5 Å². The van der Waals surface area contributed by atoms with Gasteiger partial charge in [-0.3, -0.25) is 9.59 Å². The molecule has 0 unspecified atom stereocenters. The number of anilines is 1. The molecule has 1 amide bonds. The fourth-order valence-electron chi connectivity index (χ4n) is 1.54. The molecule has 0 bridgehead atoms. The lowest BCUT2D eigenvalue weighted by Crippen LogP contribution is -2.16. The highest BCUT2D eigenvalue weighted by molar-refractivity contribution is 6.03. The number of hydrogen-bond acceptors (Lipinski definition) is 3. The molecule has 1 aromatic heterocycles. The number of rotatable bonds is 3. The molecule has 0 aliphatic carbocycles. The van der Waals surface area contributed by atoms with Crippen molar-refractivity contribution in [1.29, 1.82) is 0 Å². The molecule has 0 saturated carbocycles. The Labute approximate surface area is 113 Å². The van der Waals surface area contributed by atoms with Crippen LogP contribution in [0.5, 0.6) is 0 Å². The van der Waals surface area contributed by atoms with E-state index in [1.807, 2.05) is 0 Å². The largest absolute Gasteiger partial charge is 0.318 e. The molecule has 1 heterocycles. The van der Waals surface area contributed by atoms with Gasteiger partial charge in [-0.05, 0) is 24.3 Å². The third-order valence-corrected chi connectivity index (χ3v) is 2.52. The number of hydrogen-bond donors (Lipinski definition) is 1. The monoisotopic (exact) mass is 276 g/mol. The number of amides is 1. The molecule has 4 nitrogen and oxygen atoms in total. The number of Topliss-reactive ketones (excluding diaryl/α,β-unsaturated/α-hetero) is 1. The smallest absolute Gasteiger partial charge is 0.274 e. The van der Waals surface area contributed by atoms with E-state index < -0.39 is 17.5 Å². The molecule has 2 aromatic rings. The van der Waals surface area contributed by atoms with Crippen LogP contribution >= 0.6 is 0 Å². The number of aromatic nitrogens is 1. The minimum atomic E-state index is -0.762. The van der Waals surface area contributed by atoms with Crippen LogP contribution in [0.1, 0.15) is 27.9 Å². The van der Waals surface area contributed by atoms with Crippen molar-refractivity contribution < 1.29 is 18.4 Å². The highest BCUT2D eigenvalue weighted by Crippen LogP contribution is 2.16. The van der Waals surface area contributed by atoms with Crippen molar-refractivity contribution in [3.63, 3.8) is 0 Å². The number of nitrogens with one attached hydrogen (secondary N) is 1. The Morgan fingerprint density at radius 2 is 1.80 bits per heavy atom. The number of halogens is 2. The second kappa shape index (κ2) is 5.56. The molecule has 0 aliphatic heterocycles. The van der Waals surface area contributed by atoms with E-state index in [4.69, 9.17) is 0 Å². The summed E-state index contributed by atoms with van der Waals surface area (Å²) in [4.78, 5) is 26.9. The molecule has 0 saturated heterocycles. The Hall–Kier alpha value is -2.63. The first-order chi connectivity index (χ1) is 9.47. The molecule has 0 spiro atoms. The molecule has 102 valence electrons. The normalized spacial score (nSPS) is 10.2. The van der Waals surface area contributed by atoms with Gasteiger partial charge < -0.3 is 5.32 Å². The van der Waals surface area contributed by atoms with Crippen molar-refractivity contribution >= 4 is 17.4 Å². The summed E-state index contributed by atoms with van der Waals surface area (Å²) in [5.41, 5.74) is -0.219. The molecule has 0 fully saturated rings. The Kier molecular flexibility index (Phi) is 3.84. The van der Waals surface area contributed by atoms with Crippen molar-refractivity contribution in [2.75, 3.05) is 5.32 Å². The Morgan fingerprint density at radius 3 is 2.50 bits per heavy atom. The van der Waals surface area contributed by atoms with Gasteiger partial charge in [-0.15, -0.1) is 0 Å². The number of ketones is 1. The van der Waals surface area contributed by atoms with E-state index in [1.54, 1.807) is 0 Å². The minimum Gasteiger partial charge on any atom is -0.318 e. The molecule has 0 aliphatic rings. The van der Waals surface area contributed by atoms with E-state index in [-0.39, 0.29) is 22.9 Å². The molecular weight excluding hydrogens is 266 g/mol. The molecule has 1 N–H and O–H groups in total. The first-order valence-electron chi connectivity index (χ1n) is 5.72. The van der Waals surface area contributed by atoms with Crippen LogP contribution in [0, 0.1) is 11.6 Å². The fourth-order valence-corrected chi connectivity index (χ4v) is 1.54. The van der Waals surface area contributed by atoms with Crippen molar-refractivity contribution in [1.82, 2.24) is 4.98 Å². The van der Waals surface area contributed by atoms with E-state index in [0.29, 0.717) is 0 Å². The van der Waals surface area contributed by atoms with Crippen LogP contribution < -0.4 is 5.32 Å². The van der Waals surface area contributed by atoms with Gasteiger partial charge >= 0.3 is 0 Å². The zero-order chi connectivity index (χ0) is 14.7. The highest BCUT2D eigenvalue weighted by Gasteiger charge is 2.12. The van der Waals surface area contributed by atoms with Crippen LogP contribution in [-0.2, 0) is 0 Å². The van der Waals surface area contributed by atoms with Crippen LogP contribution in [0.25, 0.3) is 0 Å². The third-order valence-electron chi connectivity index (χ3n) is 2.52. The minimum absolute atomic E-state index is 0.0543. The average Bonchev–Trinajstić information content (AvgIpc) is 2.43. The van der Waals surface area contributed by atoms with Crippen LogP contribution in [-0.4, -0.2) is 16.7 Å². The summed E-state index contributed by atoms with van der Waals surface area (Å²) in [5.74, 6) is -2.45. The van der Waals surface area contributed by atoms with E-state index in [1.165, 1.54) is 25.1 Å². The number of carbonyl (C=O) groups is 2. The maximum atomic E-state index is 13.4. The first-order valence-corrected chi connectivity index (χ1v) is 5.72. The van der Waals surface area contributed by atoms with Crippen LogP contribution in [0.3, 0.4) is 0 Å². The van der Waals surface area contributed by atoms with Crippen molar-refractivity contribution in [3.05, 3.63) is 59.4 Å². The first kappa shape index (κ1) is 13.8. The molecule has 20 heavy (non-hydrogen) atoms. The maximum absolute atomic E-state index is 13.4. The van der Waals surface area contributed by atoms with Crippen molar-refractivity contribution in [3.8, 4) is 0 Å². The van der Waals surface area contributed by atoms with Gasteiger partial charge in [0.2, 0.25) is 0 Å². The lowest BCUT2D eigenvalue weighted by Gasteiger charge is -2.06. The molecule has 6 heteroatoms. The second-order valence-corrected chi connectivity index (χ2v) is 4.04. The predicted octanol–water partition coefficient (Wildman–Crippen LogP) is 2.81. The fraction of sp³-hybridized carbons (Fsp3) is 0.0714. The Morgan fingerprint density at radius 1 is 1.10 bits per heavy atom. The zero-order valence-corrected chi connectivity index (χ0v) is 10.5. The summed E-state index contributed by atoms with van der Waals surface area (Å²) >= 11 is 0. The summed E-state index contributed by atoms with van der Waals surface area (Å²) in [6, 6.07) is 7.04. The Balaban J connectivity index is 2.26. The van der Waals surface area contributed by atoms with Crippen molar-refractivity contribution in [2.45, 2.75) is 6.92 Å². The Bertz CT molecular complexity index is 687. The molecular formula is C14H10F2N2O2. The molecule has 2 rings (SSSR count). The van der Waals surface area contributed by atoms with Crippen LogP contribution in [0.2, 0.25) is 0 Å². The SMILES string of the molecule is CC(=O)c1cccc(C(=O)Nc2cc(F)ccc2F)n1.